The highest BCUT2D eigenvalue weighted by molar-refractivity contribution is 7.11. The van der Waals surface area contributed by atoms with E-state index < -0.39 is 0 Å². The number of anilines is 5. The molecule has 0 saturated carbocycles. The van der Waals surface area contributed by atoms with Crippen molar-refractivity contribution in [3.8, 4) is 0 Å². The summed E-state index contributed by atoms with van der Waals surface area (Å²) < 4.78 is 0. The maximum Gasteiger partial charge on any atom is 0.250 e. The third kappa shape index (κ3) is 4.89. The lowest BCUT2D eigenvalue weighted by Gasteiger charge is -2.10. The fourth-order valence-electron chi connectivity index (χ4n) is 2.36. The smallest absolute Gasteiger partial charge is 0.250 e. The van der Waals surface area contributed by atoms with Gasteiger partial charge in [-0.15, -0.1) is 11.3 Å². The molecule has 28 heavy (non-hydrogen) atoms. The minimum atomic E-state index is 0.333. The van der Waals surface area contributed by atoms with Crippen LogP contribution >= 0.6 is 11.3 Å². The lowest BCUT2D eigenvalue weighted by molar-refractivity contribution is 1.04. The third-order valence-corrected chi connectivity index (χ3v) is 4.40. The van der Waals surface area contributed by atoms with Crippen molar-refractivity contribution < 1.29 is 0 Å². The molecular weight excluding hydrogens is 370 g/mol. The molecule has 0 aliphatic rings. The van der Waals surface area contributed by atoms with Crippen LogP contribution in [-0.2, 0) is 0 Å². The molecule has 8 heteroatoms. The van der Waals surface area contributed by atoms with E-state index in [1.807, 2.05) is 78.2 Å². The summed E-state index contributed by atoms with van der Waals surface area (Å²) in [7, 11) is 0. The van der Waals surface area contributed by atoms with Crippen LogP contribution in [-0.4, -0.2) is 21.2 Å². The summed E-state index contributed by atoms with van der Waals surface area (Å²) in [6, 6.07) is 23.4. The third-order valence-electron chi connectivity index (χ3n) is 3.59. The van der Waals surface area contributed by atoms with Gasteiger partial charge in [0, 0.05) is 16.3 Å². The summed E-state index contributed by atoms with van der Waals surface area (Å²) >= 11 is 1.60. The lowest BCUT2D eigenvalue weighted by Crippen LogP contribution is -2.07. The molecule has 0 bridgehead atoms. The Balaban J connectivity index is 1.58. The molecule has 0 fully saturated rings. The highest BCUT2D eigenvalue weighted by Crippen LogP contribution is 2.18. The Morgan fingerprint density at radius 3 is 1.79 bits per heavy atom. The zero-order chi connectivity index (χ0) is 19.0. The molecule has 4 rings (SSSR count). The number of rotatable bonds is 7. The molecule has 2 heterocycles. The van der Waals surface area contributed by atoms with Crippen LogP contribution in [0.3, 0.4) is 0 Å². The number of para-hydroxylation sites is 2. The molecule has 138 valence electrons. The van der Waals surface area contributed by atoms with Crippen LogP contribution in [0.15, 0.2) is 83.3 Å². The van der Waals surface area contributed by atoms with Crippen molar-refractivity contribution in [2.75, 3.05) is 16.1 Å². The van der Waals surface area contributed by atoms with Crippen molar-refractivity contribution in [1.82, 2.24) is 15.0 Å². The predicted molar refractivity (Wildman–Crippen MR) is 115 cm³/mol. The van der Waals surface area contributed by atoms with E-state index in [0.29, 0.717) is 17.8 Å². The Hall–Kier alpha value is -3.78. The fraction of sp³-hybridized carbons (Fsp3) is 0. The zero-order valence-electron chi connectivity index (χ0n) is 14.8. The molecule has 0 atom stereocenters. The quantitative estimate of drug-likeness (QED) is 0.310. The van der Waals surface area contributed by atoms with E-state index in [1.54, 1.807) is 17.6 Å². The van der Waals surface area contributed by atoms with Crippen molar-refractivity contribution in [2.45, 2.75) is 0 Å². The minimum Gasteiger partial charge on any atom is -0.324 e. The van der Waals surface area contributed by atoms with Gasteiger partial charge in [0.1, 0.15) is 0 Å². The number of hydrogen-bond acceptors (Lipinski definition) is 8. The fourth-order valence-corrected chi connectivity index (χ4v) is 2.94. The minimum absolute atomic E-state index is 0.333. The molecule has 7 nitrogen and oxygen atoms in total. The molecule has 0 spiro atoms. The van der Waals surface area contributed by atoms with Crippen molar-refractivity contribution in [2.24, 2.45) is 5.10 Å². The molecule has 3 N–H and O–H groups in total. The second-order valence-corrected chi connectivity index (χ2v) is 6.65. The van der Waals surface area contributed by atoms with E-state index in [9.17, 15) is 0 Å². The van der Waals surface area contributed by atoms with Gasteiger partial charge in [0.15, 0.2) is 0 Å². The highest BCUT2D eigenvalue weighted by atomic mass is 32.1. The number of hydrogen-bond donors (Lipinski definition) is 3. The second kappa shape index (κ2) is 8.74. The molecule has 2 aromatic heterocycles. The Kier molecular flexibility index (Phi) is 5.50. The monoisotopic (exact) mass is 387 g/mol. The molecule has 0 radical (unpaired) electrons. The average molecular weight is 387 g/mol. The van der Waals surface area contributed by atoms with Gasteiger partial charge in [-0.3, -0.25) is 0 Å². The molecule has 0 amide bonds. The number of nitrogens with one attached hydrogen (secondary N) is 3. The second-order valence-electron chi connectivity index (χ2n) is 5.67. The number of hydrazone groups is 1. The summed E-state index contributed by atoms with van der Waals surface area (Å²) in [4.78, 5) is 14.3. The Morgan fingerprint density at radius 1 is 0.679 bits per heavy atom. The van der Waals surface area contributed by atoms with Crippen molar-refractivity contribution in [3.05, 3.63) is 83.1 Å². The summed E-state index contributed by atoms with van der Waals surface area (Å²) in [6.07, 6.45) is 1.73. The van der Waals surface area contributed by atoms with Crippen LogP contribution in [0.25, 0.3) is 0 Å². The molecule has 4 aromatic rings. The van der Waals surface area contributed by atoms with Crippen LogP contribution in [0.2, 0.25) is 0 Å². The first-order valence-electron chi connectivity index (χ1n) is 8.58. The summed E-state index contributed by atoms with van der Waals surface area (Å²) in [6.45, 7) is 0. The van der Waals surface area contributed by atoms with Gasteiger partial charge in [-0.05, 0) is 35.7 Å². The predicted octanol–water partition coefficient (Wildman–Crippen LogP) is 4.87. The first-order chi connectivity index (χ1) is 13.8. The largest absolute Gasteiger partial charge is 0.324 e. The molecule has 2 aromatic carbocycles. The number of thiophene rings is 1. The molecule has 0 aliphatic heterocycles. The summed E-state index contributed by atoms with van der Waals surface area (Å²) in [5.41, 5.74) is 4.63. The topological polar surface area (TPSA) is 87.1 Å². The Labute approximate surface area is 166 Å². The van der Waals surface area contributed by atoms with E-state index >= 15 is 0 Å². The molecule has 0 saturated heterocycles. The van der Waals surface area contributed by atoms with Gasteiger partial charge in [0.2, 0.25) is 17.8 Å². The van der Waals surface area contributed by atoms with Gasteiger partial charge in [0.25, 0.3) is 0 Å². The molecule has 0 unspecified atom stereocenters. The van der Waals surface area contributed by atoms with Crippen molar-refractivity contribution >= 4 is 46.8 Å². The maximum absolute atomic E-state index is 4.45. The first kappa shape index (κ1) is 17.6. The van der Waals surface area contributed by atoms with Crippen LogP contribution in [0, 0.1) is 0 Å². The molecule has 0 aliphatic carbocycles. The van der Waals surface area contributed by atoms with Gasteiger partial charge in [-0.2, -0.15) is 20.1 Å². The van der Waals surface area contributed by atoms with E-state index in [-0.39, 0.29) is 0 Å². The summed E-state index contributed by atoms with van der Waals surface area (Å²) in [5, 5.41) is 12.6. The van der Waals surface area contributed by atoms with Gasteiger partial charge >= 0.3 is 0 Å². The van der Waals surface area contributed by atoms with Crippen molar-refractivity contribution in [3.63, 3.8) is 0 Å². The molecular formula is C20H17N7S. The van der Waals surface area contributed by atoms with Crippen molar-refractivity contribution in [1.29, 1.82) is 0 Å². The average Bonchev–Trinajstić information content (AvgIpc) is 3.23. The van der Waals surface area contributed by atoms with Crippen LogP contribution < -0.4 is 16.1 Å². The van der Waals surface area contributed by atoms with Gasteiger partial charge in [0.05, 0.1) is 6.21 Å². The summed E-state index contributed by atoms with van der Waals surface area (Å²) in [5.74, 6) is 1.15. The van der Waals surface area contributed by atoms with E-state index in [1.165, 1.54) is 0 Å². The van der Waals surface area contributed by atoms with Crippen LogP contribution in [0.1, 0.15) is 4.88 Å². The Bertz CT molecular complexity index is 975. The van der Waals surface area contributed by atoms with E-state index in [2.05, 4.69) is 36.1 Å². The standard InChI is InChI=1S/C20H17N7S/c1-3-8-15(9-4-1)22-18-24-19(23-16-10-5-2-6-11-16)26-20(25-18)27-21-14-17-12-7-13-28-17/h1-14H,(H3,22,23,24,25,26,27)/b21-14-. The highest BCUT2D eigenvalue weighted by Gasteiger charge is 2.07. The van der Waals surface area contributed by atoms with E-state index in [0.717, 1.165) is 16.3 Å². The van der Waals surface area contributed by atoms with Gasteiger partial charge < -0.3 is 10.6 Å². The lowest BCUT2D eigenvalue weighted by atomic mass is 10.3. The van der Waals surface area contributed by atoms with Crippen LogP contribution in [0.5, 0.6) is 0 Å². The van der Waals surface area contributed by atoms with E-state index in [4.69, 9.17) is 0 Å². The van der Waals surface area contributed by atoms with Gasteiger partial charge in [-0.1, -0.05) is 42.5 Å². The first-order valence-corrected chi connectivity index (χ1v) is 9.46. The Morgan fingerprint density at radius 2 is 1.25 bits per heavy atom. The van der Waals surface area contributed by atoms with Gasteiger partial charge in [-0.25, -0.2) is 5.43 Å². The van der Waals surface area contributed by atoms with Crippen LogP contribution in [0.4, 0.5) is 29.2 Å². The normalized spacial score (nSPS) is 10.7. The maximum atomic E-state index is 4.45. The number of nitrogens with zero attached hydrogens (tertiary/aromatic N) is 4. The number of benzene rings is 2. The number of aromatic nitrogens is 3. The SMILES string of the molecule is C(=N/Nc1nc(Nc2ccccc2)nc(Nc2ccccc2)n1)/c1cccs1. The zero-order valence-corrected chi connectivity index (χ0v) is 15.6.